The van der Waals surface area contributed by atoms with E-state index in [2.05, 4.69) is 13.2 Å². The number of carbonyl (C=O) groups is 3. The average molecular weight is 398 g/mol. The lowest BCUT2D eigenvalue weighted by atomic mass is 10.1. The zero-order valence-electron chi connectivity index (χ0n) is 16.9. The molecule has 0 atom stereocenters. The van der Waals surface area contributed by atoms with E-state index in [0.29, 0.717) is 23.1 Å². The Kier molecular flexibility index (Phi) is 8.61. The van der Waals surface area contributed by atoms with Gasteiger partial charge in [0.1, 0.15) is 5.75 Å². The van der Waals surface area contributed by atoms with Gasteiger partial charge in [0.05, 0.1) is 16.5 Å². The molecule has 0 radical (unpaired) electrons. The smallest absolute Gasteiger partial charge is 0.341 e. The molecule has 2 aromatic rings. The summed E-state index contributed by atoms with van der Waals surface area (Å²) in [7, 11) is 0. The largest absolute Gasteiger partial charge is 0.481 e. The van der Waals surface area contributed by atoms with Crippen molar-refractivity contribution in [1.29, 1.82) is 0 Å². The molecule has 1 heterocycles. The first kappa shape index (κ1) is 23.4. The number of benzene rings is 1. The van der Waals surface area contributed by atoms with Crippen LogP contribution in [0.4, 0.5) is 0 Å². The van der Waals surface area contributed by atoms with Gasteiger partial charge in [0.15, 0.2) is 6.61 Å². The zero-order chi connectivity index (χ0) is 22.1. The number of rotatable bonds is 8. The number of ketones is 1. The number of carboxylic acids is 1. The number of carboxylic acid groups (broad SMARTS) is 1. The Morgan fingerprint density at radius 1 is 1.24 bits per heavy atom. The van der Waals surface area contributed by atoms with Gasteiger partial charge in [-0.15, -0.1) is 0 Å². The van der Waals surface area contributed by atoms with Crippen LogP contribution in [0.25, 0.3) is 10.9 Å². The van der Waals surface area contributed by atoms with Gasteiger partial charge >= 0.3 is 5.97 Å². The average Bonchev–Trinajstić information content (AvgIpc) is 2.97. The van der Waals surface area contributed by atoms with Gasteiger partial charge in [0.25, 0.3) is 11.7 Å². The molecule has 0 fully saturated rings. The van der Waals surface area contributed by atoms with E-state index in [0.717, 1.165) is 5.57 Å². The van der Waals surface area contributed by atoms with E-state index < -0.39 is 24.3 Å². The van der Waals surface area contributed by atoms with Crippen LogP contribution in [0.15, 0.2) is 55.2 Å². The Hall–Kier alpha value is -3.61. The third kappa shape index (κ3) is 5.68. The molecule has 2 rings (SSSR count). The molecule has 0 spiro atoms. The van der Waals surface area contributed by atoms with Gasteiger partial charge in [-0.05, 0) is 32.9 Å². The number of amides is 1. The van der Waals surface area contributed by atoms with E-state index in [1.165, 1.54) is 0 Å². The minimum atomic E-state index is -1.14. The number of Topliss-reactive ketones (excluding diaryl/α,β-unsaturated/α-hetero) is 1. The lowest BCUT2D eigenvalue weighted by Gasteiger charge is -2.09. The summed E-state index contributed by atoms with van der Waals surface area (Å²) in [5.41, 5.74) is 7.65. The highest BCUT2D eigenvalue weighted by Crippen LogP contribution is 2.34. The van der Waals surface area contributed by atoms with Crippen LogP contribution in [0, 0.1) is 6.92 Å². The van der Waals surface area contributed by atoms with Gasteiger partial charge in [-0.1, -0.05) is 43.0 Å². The lowest BCUT2D eigenvalue weighted by Crippen LogP contribution is -2.24. The molecule has 3 N–H and O–H groups in total. The van der Waals surface area contributed by atoms with Crippen molar-refractivity contribution in [3.05, 3.63) is 66.4 Å². The van der Waals surface area contributed by atoms with Gasteiger partial charge < -0.3 is 20.1 Å². The number of aromatic nitrogens is 1. The molecule has 0 aliphatic carbocycles. The minimum absolute atomic E-state index is 0.146. The second-order valence-electron chi connectivity index (χ2n) is 6.18. The quantitative estimate of drug-likeness (QED) is 0.306. The predicted molar refractivity (Wildman–Crippen MR) is 113 cm³/mol. The summed E-state index contributed by atoms with van der Waals surface area (Å²) in [4.78, 5) is 34.7. The minimum Gasteiger partial charge on any atom is -0.481 e. The number of ether oxygens (including phenoxy) is 1. The number of hydrogen-bond donors (Lipinski definition) is 2. The zero-order valence-corrected chi connectivity index (χ0v) is 16.9. The Morgan fingerprint density at radius 2 is 1.86 bits per heavy atom. The van der Waals surface area contributed by atoms with Gasteiger partial charge in [-0.25, -0.2) is 4.79 Å². The van der Waals surface area contributed by atoms with Crippen LogP contribution in [0.2, 0.25) is 0 Å². The number of fused-ring (bicyclic) bond motifs is 1. The molecule has 0 saturated heterocycles. The van der Waals surface area contributed by atoms with Gasteiger partial charge in [0.2, 0.25) is 0 Å². The summed E-state index contributed by atoms with van der Waals surface area (Å²) in [6.07, 6.45) is 5.23. The number of allylic oxidation sites excluding steroid dienone is 4. The lowest BCUT2D eigenvalue weighted by molar-refractivity contribution is -0.139. The standard InChI is InChI=1S/C18H20N2O5.C4H6/c1-4-10(2)8-20-11(3)15(17(23)18(19)24)16-12(20)6-5-7-13(16)25-9-14(21)22;1-3-4-2/h4-7H,8-9H2,1-3H3,(H2,19,24)(H,21,22);3-4H,1-2H2/b10-4+;. The molecule has 0 unspecified atom stereocenters. The molecule has 0 aliphatic heterocycles. The van der Waals surface area contributed by atoms with Crippen molar-refractivity contribution in [2.24, 2.45) is 5.73 Å². The molecular formula is C22H26N2O5. The summed E-state index contributed by atoms with van der Waals surface area (Å²) in [5.74, 6) is -2.81. The number of primary amides is 1. The fraction of sp³-hybridized carbons (Fsp3) is 0.227. The Labute approximate surface area is 169 Å². The highest BCUT2D eigenvalue weighted by Gasteiger charge is 2.26. The third-order valence-corrected chi connectivity index (χ3v) is 4.18. The van der Waals surface area contributed by atoms with E-state index >= 15 is 0 Å². The van der Waals surface area contributed by atoms with E-state index in [-0.39, 0.29) is 11.3 Å². The monoisotopic (exact) mass is 398 g/mol. The first-order valence-electron chi connectivity index (χ1n) is 8.85. The van der Waals surface area contributed by atoms with E-state index in [9.17, 15) is 14.4 Å². The van der Waals surface area contributed by atoms with Crippen LogP contribution in [0.5, 0.6) is 5.75 Å². The van der Waals surface area contributed by atoms with Crippen molar-refractivity contribution in [3.8, 4) is 5.75 Å². The maximum atomic E-state index is 12.4. The Morgan fingerprint density at radius 3 is 2.34 bits per heavy atom. The van der Waals surface area contributed by atoms with Crippen molar-refractivity contribution in [3.63, 3.8) is 0 Å². The first-order valence-corrected chi connectivity index (χ1v) is 8.85. The topological polar surface area (TPSA) is 112 Å². The molecule has 1 aromatic carbocycles. The molecule has 0 aliphatic rings. The van der Waals surface area contributed by atoms with Crippen LogP contribution < -0.4 is 10.5 Å². The maximum absolute atomic E-state index is 12.4. The number of aliphatic carboxylic acids is 1. The summed E-state index contributed by atoms with van der Waals surface area (Å²) in [6.45, 7) is 12.3. The highest BCUT2D eigenvalue weighted by molar-refractivity contribution is 6.45. The molecule has 0 saturated carbocycles. The molecule has 7 nitrogen and oxygen atoms in total. The van der Waals surface area contributed by atoms with E-state index in [4.69, 9.17) is 15.6 Å². The molecular weight excluding hydrogens is 372 g/mol. The first-order chi connectivity index (χ1) is 13.7. The van der Waals surface area contributed by atoms with E-state index in [1.54, 1.807) is 37.3 Å². The van der Waals surface area contributed by atoms with E-state index in [1.807, 2.05) is 24.5 Å². The molecule has 29 heavy (non-hydrogen) atoms. The molecule has 0 bridgehead atoms. The number of nitrogens with zero attached hydrogens (tertiary/aromatic N) is 1. The number of nitrogens with two attached hydrogens (primary N) is 1. The molecule has 1 amide bonds. The SMILES string of the molecule is C/C=C(\C)Cn1c(C)c(C(=O)C(N)=O)c2c(OCC(=O)O)cccc21.C=CC=C. The van der Waals surface area contributed by atoms with Crippen LogP contribution in [0.1, 0.15) is 29.9 Å². The van der Waals surface area contributed by atoms with Crippen LogP contribution in [-0.4, -0.2) is 33.9 Å². The normalized spacial score (nSPS) is 10.7. The van der Waals surface area contributed by atoms with Crippen LogP contribution >= 0.6 is 0 Å². The second-order valence-corrected chi connectivity index (χ2v) is 6.18. The van der Waals surface area contributed by atoms with Crippen molar-refractivity contribution >= 4 is 28.6 Å². The fourth-order valence-corrected chi connectivity index (χ4v) is 2.70. The van der Waals surface area contributed by atoms with Crippen LogP contribution in [0.3, 0.4) is 0 Å². The molecule has 1 aromatic heterocycles. The highest BCUT2D eigenvalue weighted by atomic mass is 16.5. The molecule has 154 valence electrons. The summed E-state index contributed by atoms with van der Waals surface area (Å²) >= 11 is 0. The van der Waals surface area contributed by atoms with Crippen molar-refractivity contribution in [1.82, 2.24) is 4.57 Å². The van der Waals surface area contributed by atoms with Gasteiger partial charge in [0, 0.05) is 12.2 Å². The summed E-state index contributed by atoms with van der Waals surface area (Å²) in [6, 6.07) is 5.06. The maximum Gasteiger partial charge on any atom is 0.341 e. The van der Waals surface area contributed by atoms with Gasteiger partial charge in [-0.3, -0.25) is 9.59 Å². The van der Waals surface area contributed by atoms with Crippen molar-refractivity contribution < 1.29 is 24.2 Å². The Balaban J connectivity index is 0.000000960. The second kappa shape index (κ2) is 10.7. The predicted octanol–water partition coefficient (Wildman–Crippen LogP) is 3.41. The van der Waals surface area contributed by atoms with Crippen molar-refractivity contribution in [2.45, 2.75) is 27.3 Å². The third-order valence-electron chi connectivity index (χ3n) is 4.18. The number of hydrogen-bond acceptors (Lipinski definition) is 4. The van der Waals surface area contributed by atoms with Crippen molar-refractivity contribution in [2.75, 3.05) is 6.61 Å². The van der Waals surface area contributed by atoms with Gasteiger partial charge in [-0.2, -0.15) is 0 Å². The Bertz CT molecular complexity index is 977. The summed E-state index contributed by atoms with van der Waals surface area (Å²) < 4.78 is 7.20. The molecule has 7 heteroatoms. The number of carbonyl (C=O) groups excluding carboxylic acids is 2. The fourth-order valence-electron chi connectivity index (χ4n) is 2.70. The van der Waals surface area contributed by atoms with Crippen LogP contribution in [-0.2, 0) is 16.1 Å². The summed E-state index contributed by atoms with van der Waals surface area (Å²) in [5, 5.41) is 9.24.